The fraction of sp³-hybridized carbons (Fsp3) is 0.333. The highest BCUT2D eigenvalue weighted by atomic mass is 19.4. The number of nitrogen functional groups attached to an aromatic ring is 1. The molecule has 0 fully saturated rings. The molecule has 21 heavy (non-hydrogen) atoms. The van der Waals surface area contributed by atoms with Crippen molar-refractivity contribution in [2.45, 2.75) is 19.4 Å². The molecule has 0 atom stereocenters. The van der Waals surface area contributed by atoms with Gasteiger partial charge >= 0.3 is 6.18 Å². The van der Waals surface area contributed by atoms with Crippen LogP contribution in [0.5, 0.6) is 5.75 Å². The lowest BCUT2D eigenvalue weighted by Crippen LogP contribution is -2.17. The first-order valence-corrected chi connectivity index (χ1v) is 5.87. The molecule has 0 radical (unpaired) electrons. The van der Waals surface area contributed by atoms with E-state index in [2.05, 4.69) is 14.9 Å². The molecule has 0 aliphatic heterocycles. The third kappa shape index (κ3) is 5.30. The van der Waals surface area contributed by atoms with E-state index < -0.39 is 12.8 Å². The molecule has 0 aliphatic rings. The van der Waals surface area contributed by atoms with Crippen molar-refractivity contribution in [3.8, 4) is 5.75 Å². The molecule has 6 nitrogen and oxygen atoms in total. The van der Waals surface area contributed by atoms with Gasteiger partial charge in [-0.2, -0.15) is 18.2 Å². The number of ether oxygens (including phenoxy) is 2. The SMILES string of the molecule is Nc1ccc(OCc2nc(COCC(F)(F)F)no2)cc1. The van der Waals surface area contributed by atoms with E-state index in [4.69, 9.17) is 15.0 Å². The normalized spacial score (nSPS) is 11.6. The van der Waals surface area contributed by atoms with Crippen LogP contribution in [0.1, 0.15) is 11.7 Å². The van der Waals surface area contributed by atoms with Gasteiger partial charge in [-0.1, -0.05) is 5.16 Å². The Kier molecular flexibility index (Phi) is 4.63. The Morgan fingerprint density at radius 2 is 1.86 bits per heavy atom. The first-order valence-electron chi connectivity index (χ1n) is 5.87. The van der Waals surface area contributed by atoms with Gasteiger partial charge in [0.05, 0.1) is 0 Å². The zero-order valence-corrected chi connectivity index (χ0v) is 10.8. The Morgan fingerprint density at radius 3 is 2.52 bits per heavy atom. The van der Waals surface area contributed by atoms with Crippen LogP contribution >= 0.6 is 0 Å². The Balaban J connectivity index is 1.79. The van der Waals surface area contributed by atoms with E-state index in [1.54, 1.807) is 24.3 Å². The van der Waals surface area contributed by atoms with Gasteiger partial charge in [0.2, 0.25) is 0 Å². The van der Waals surface area contributed by atoms with Gasteiger partial charge in [0, 0.05) is 5.69 Å². The molecule has 0 unspecified atom stereocenters. The Hall–Kier alpha value is -2.29. The lowest BCUT2D eigenvalue weighted by Gasteiger charge is -2.04. The molecule has 0 spiro atoms. The van der Waals surface area contributed by atoms with Crippen molar-refractivity contribution in [1.82, 2.24) is 10.1 Å². The third-order valence-electron chi connectivity index (χ3n) is 2.25. The van der Waals surface area contributed by atoms with E-state index in [1.165, 1.54) is 0 Å². The number of aromatic nitrogens is 2. The molecule has 0 aliphatic carbocycles. The topological polar surface area (TPSA) is 83.4 Å². The van der Waals surface area contributed by atoms with Crippen LogP contribution in [0.15, 0.2) is 28.8 Å². The molecule has 2 rings (SSSR count). The van der Waals surface area contributed by atoms with Crippen molar-refractivity contribution < 1.29 is 27.2 Å². The average molecular weight is 303 g/mol. The van der Waals surface area contributed by atoms with Gasteiger partial charge in [0.15, 0.2) is 12.4 Å². The molecule has 2 N–H and O–H groups in total. The number of anilines is 1. The molecule has 1 heterocycles. The molecular formula is C12H12F3N3O3. The largest absolute Gasteiger partial charge is 0.484 e. The number of alkyl halides is 3. The van der Waals surface area contributed by atoms with Crippen molar-refractivity contribution in [1.29, 1.82) is 0 Å². The highest BCUT2D eigenvalue weighted by Crippen LogP contribution is 2.16. The molecule has 1 aromatic heterocycles. The molecule has 0 amide bonds. The quantitative estimate of drug-likeness (QED) is 0.824. The minimum absolute atomic E-state index is 0.00378. The summed E-state index contributed by atoms with van der Waals surface area (Å²) in [6.07, 6.45) is -4.38. The summed E-state index contributed by atoms with van der Waals surface area (Å²) in [5.41, 5.74) is 6.13. The fourth-order valence-electron chi connectivity index (χ4n) is 1.37. The number of halogens is 3. The average Bonchev–Trinajstić information content (AvgIpc) is 2.85. The van der Waals surface area contributed by atoms with Crippen LogP contribution in [0.3, 0.4) is 0 Å². The third-order valence-corrected chi connectivity index (χ3v) is 2.25. The lowest BCUT2D eigenvalue weighted by atomic mass is 10.3. The minimum atomic E-state index is -4.38. The summed E-state index contributed by atoms with van der Waals surface area (Å²) < 4.78 is 50.2. The first-order chi connectivity index (χ1) is 9.92. The monoisotopic (exact) mass is 303 g/mol. The van der Waals surface area contributed by atoms with Crippen LogP contribution in [0, 0.1) is 0 Å². The molecule has 0 saturated heterocycles. The number of nitrogens with zero attached hydrogens (tertiary/aromatic N) is 2. The second kappa shape index (κ2) is 6.44. The number of nitrogens with two attached hydrogens (primary N) is 1. The summed E-state index contributed by atoms with van der Waals surface area (Å²) in [6, 6.07) is 6.66. The minimum Gasteiger partial charge on any atom is -0.484 e. The second-order valence-corrected chi connectivity index (χ2v) is 4.07. The van der Waals surface area contributed by atoms with Gasteiger partial charge in [0.1, 0.15) is 19.0 Å². The summed E-state index contributed by atoms with van der Waals surface area (Å²) in [4.78, 5) is 3.84. The van der Waals surface area contributed by atoms with Gasteiger partial charge in [-0.3, -0.25) is 0 Å². The van der Waals surface area contributed by atoms with Crippen molar-refractivity contribution >= 4 is 5.69 Å². The van der Waals surface area contributed by atoms with Crippen LogP contribution in [0.4, 0.5) is 18.9 Å². The maximum atomic E-state index is 11.9. The Labute approximate surface area is 117 Å². The molecule has 1 aromatic carbocycles. The molecular weight excluding hydrogens is 291 g/mol. The van der Waals surface area contributed by atoms with E-state index in [9.17, 15) is 13.2 Å². The zero-order valence-electron chi connectivity index (χ0n) is 10.8. The molecule has 114 valence electrons. The maximum absolute atomic E-state index is 11.9. The van der Waals surface area contributed by atoms with Crippen LogP contribution in [0.25, 0.3) is 0 Å². The van der Waals surface area contributed by atoms with Gasteiger partial charge in [-0.15, -0.1) is 0 Å². The van der Waals surface area contributed by atoms with E-state index in [0.29, 0.717) is 11.4 Å². The Morgan fingerprint density at radius 1 is 1.14 bits per heavy atom. The summed E-state index contributed by atoms with van der Waals surface area (Å²) in [5.74, 6) is 0.713. The van der Waals surface area contributed by atoms with Crippen molar-refractivity contribution in [3.05, 3.63) is 36.0 Å². The molecule has 2 aromatic rings. The fourth-order valence-corrected chi connectivity index (χ4v) is 1.37. The predicted octanol–water partition coefficient (Wildman–Crippen LogP) is 2.31. The highest BCUT2D eigenvalue weighted by molar-refractivity contribution is 5.41. The summed E-state index contributed by atoms with van der Waals surface area (Å²) in [5, 5.41) is 3.48. The standard InChI is InChI=1S/C12H12F3N3O3/c13-12(14,15)7-19-5-10-17-11(21-18-10)6-20-9-3-1-8(16)2-4-9/h1-4H,5-7,16H2. The summed E-state index contributed by atoms with van der Waals surface area (Å²) in [6.45, 7) is -1.75. The molecule has 9 heteroatoms. The van der Waals surface area contributed by atoms with Gasteiger partial charge in [-0.05, 0) is 24.3 Å². The van der Waals surface area contributed by atoms with Crippen molar-refractivity contribution in [3.63, 3.8) is 0 Å². The summed E-state index contributed by atoms with van der Waals surface area (Å²) in [7, 11) is 0. The van der Waals surface area contributed by atoms with Gasteiger partial charge in [-0.25, -0.2) is 0 Å². The predicted molar refractivity (Wildman–Crippen MR) is 65.2 cm³/mol. The van der Waals surface area contributed by atoms with Crippen LogP contribution in [-0.2, 0) is 18.0 Å². The van der Waals surface area contributed by atoms with E-state index >= 15 is 0 Å². The van der Waals surface area contributed by atoms with E-state index in [-0.39, 0.29) is 24.9 Å². The van der Waals surface area contributed by atoms with E-state index in [1.807, 2.05) is 0 Å². The first kappa shape index (κ1) is 15.1. The van der Waals surface area contributed by atoms with Gasteiger partial charge in [0.25, 0.3) is 5.89 Å². The summed E-state index contributed by atoms with van der Waals surface area (Å²) >= 11 is 0. The van der Waals surface area contributed by atoms with Crippen LogP contribution < -0.4 is 10.5 Å². The number of benzene rings is 1. The van der Waals surface area contributed by atoms with Crippen molar-refractivity contribution in [2.75, 3.05) is 12.3 Å². The van der Waals surface area contributed by atoms with Crippen LogP contribution in [0.2, 0.25) is 0 Å². The molecule has 0 saturated carbocycles. The van der Waals surface area contributed by atoms with Gasteiger partial charge < -0.3 is 19.7 Å². The number of hydrogen-bond donors (Lipinski definition) is 1. The van der Waals surface area contributed by atoms with E-state index in [0.717, 1.165) is 0 Å². The number of rotatable bonds is 6. The Bertz CT molecular complexity index is 569. The highest BCUT2D eigenvalue weighted by Gasteiger charge is 2.27. The lowest BCUT2D eigenvalue weighted by molar-refractivity contribution is -0.177. The zero-order chi connectivity index (χ0) is 15.3. The number of hydrogen-bond acceptors (Lipinski definition) is 6. The van der Waals surface area contributed by atoms with Crippen molar-refractivity contribution in [2.24, 2.45) is 0 Å². The van der Waals surface area contributed by atoms with Crippen LogP contribution in [-0.4, -0.2) is 22.9 Å². The smallest absolute Gasteiger partial charge is 0.411 e. The maximum Gasteiger partial charge on any atom is 0.411 e. The molecule has 0 bridgehead atoms. The second-order valence-electron chi connectivity index (χ2n) is 4.07.